The lowest BCUT2D eigenvalue weighted by atomic mass is 9.83. The molecule has 2 amide bonds. The third-order valence-corrected chi connectivity index (χ3v) is 4.94. The standard InChI is InChI=1S/C17H32N2O3/c1-12-10-15(11-13(2)22-12)19-17(21)18-9-5-7-14-6-3-4-8-16(14)20/h12-16,20H,3-11H2,1-2H3,(H2,18,19,21). The molecule has 3 N–H and O–H groups in total. The Morgan fingerprint density at radius 1 is 1.18 bits per heavy atom. The van der Waals surface area contributed by atoms with E-state index in [4.69, 9.17) is 4.74 Å². The van der Waals surface area contributed by atoms with E-state index in [2.05, 4.69) is 24.5 Å². The Hall–Kier alpha value is -0.810. The molecule has 2 rings (SSSR count). The van der Waals surface area contributed by atoms with Crippen molar-refractivity contribution >= 4 is 6.03 Å². The molecule has 5 heteroatoms. The summed E-state index contributed by atoms with van der Waals surface area (Å²) in [4.78, 5) is 11.9. The van der Waals surface area contributed by atoms with Gasteiger partial charge in [0, 0.05) is 12.6 Å². The van der Waals surface area contributed by atoms with Crippen LogP contribution in [0.25, 0.3) is 0 Å². The van der Waals surface area contributed by atoms with E-state index < -0.39 is 0 Å². The summed E-state index contributed by atoms with van der Waals surface area (Å²) in [6.07, 6.45) is 8.46. The first-order valence-electron chi connectivity index (χ1n) is 8.92. The Balaban J connectivity index is 1.57. The van der Waals surface area contributed by atoms with Crippen LogP contribution in [-0.2, 0) is 4.74 Å². The van der Waals surface area contributed by atoms with Crippen LogP contribution in [0.15, 0.2) is 0 Å². The van der Waals surface area contributed by atoms with E-state index in [0.717, 1.165) is 44.9 Å². The summed E-state index contributed by atoms with van der Waals surface area (Å²) in [5.41, 5.74) is 0. The Bertz CT molecular complexity index is 341. The molecule has 2 fully saturated rings. The summed E-state index contributed by atoms with van der Waals surface area (Å²) in [6.45, 7) is 4.79. The quantitative estimate of drug-likeness (QED) is 0.683. The van der Waals surface area contributed by atoms with Gasteiger partial charge in [-0.15, -0.1) is 0 Å². The minimum absolute atomic E-state index is 0.0736. The van der Waals surface area contributed by atoms with Crippen molar-refractivity contribution < 1.29 is 14.6 Å². The lowest BCUT2D eigenvalue weighted by Gasteiger charge is -2.32. The van der Waals surface area contributed by atoms with Crippen molar-refractivity contribution in [3.8, 4) is 0 Å². The van der Waals surface area contributed by atoms with E-state index in [-0.39, 0.29) is 30.4 Å². The van der Waals surface area contributed by atoms with Crippen LogP contribution >= 0.6 is 0 Å². The number of carbonyl (C=O) groups excluding carboxylic acids is 1. The van der Waals surface area contributed by atoms with Crippen LogP contribution in [0.5, 0.6) is 0 Å². The molecular formula is C17H32N2O3. The Kier molecular flexibility index (Phi) is 6.96. The molecule has 0 spiro atoms. The van der Waals surface area contributed by atoms with Gasteiger partial charge in [-0.1, -0.05) is 12.8 Å². The molecule has 5 nitrogen and oxygen atoms in total. The van der Waals surface area contributed by atoms with Gasteiger partial charge in [0.2, 0.25) is 0 Å². The average Bonchev–Trinajstić information content (AvgIpc) is 2.44. The maximum Gasteiger partial charge on any atom is 0.315 e. The Labute approximate surface area is 134 Å². The fourth-order valence-corrected chi connectivity index (χ4v) is 3.85. The van der Waals surface area contributed by atoms with Crippen LogP contribution in [0.3, 0.4) is 0 Å². The molecule has 0 aromatic rings. The molecule has 2 aliphatic rings. The summed E-state index contributed by atoms with van der Waals surface area (Å²) >= 11 is 0. The molecule has 0 radical (unpaired) electrons. The zero-order valence-corrected chi connectivity index (χ0v) is 14.0. The molecule has 22 heavy (non-hydrogen) atoms. The number of ether oxygens (including phenoxy) is 1. The largest absolute Gasteiger partial charge is 0.393 e. The number of aliphatic hydroxyl groups excluding tert-OH is 1. The normalized spacial score (nSPS) is 35.9. The minimum Gasteiger partial charge on any atom is -0.393 e. The van der Waals surface area contributed by atoms with Gasteiger partial charge in [0.15, 0.2) is 0 Å². The summed E-state index contributed by atoms with van der Waals surface area (Å²) in [5, 5.41) is 15.9. The number of amides is 2. The van der Waals surface area contributed by atoms with E-state index >= 15 is 0 Å². The molecule has 1 aliphatic heterocycles. The van der Waals surface area contributed by atoms with E-state index in [1.54, 1.807) is 0 Å². The first-order chi connectivity index (χ1) is 10.5. The van der Waals surface area contributed by atoms with Gasteiger partial charge >= 0.3 is 6.03 Å². The number of aliphatic hydroxyl groups is 1. The van der Waals surface area contributed by atoms with Crippen molar-refractivity contribution in [3.63, 3.8) is 0 Å². The minimum atomic E-state index is -0.132. The van der Waals surface area contributed by atoms with Crippen LogP contribution in [-0.4, -0.2) is 42.0 Å². The second-order valence-electron chi connectivity index (χ2n) is 7.08. The molecular weight excluding hydrogens is 280 g/mol. The maximum atomic E-state index is 11.9. The van der Waals surface area contributed by atoms with Gasteiger partial charge in [-0.05, 0) is 58.3 Å². The summed E-state index contributed by atoms with van der Waals surface area (Å²) in [7, 11) is 0. The highest BCUT2D eigenvalue weighted by atomic mass is 16.5. The second kappa shape index (κ2) is 8.73. The summed E-state index contributed by atoms with van der Waals surface area (Å²) < 4.78 is 5.68. The molecule has 4 unspecified atom stereocenters. The number of hydrogen-bond donors (Lipinski definition) is 3. The highest BCUT2D eigenvalue weighted by Gasteiger charge is 2.25. The van der Waals surface area contributed by atoms with Gasteiger partial charge in [-0.2, -0.15) is 0 Å². The van der Waals surface area contributed by atoms with Crippen molar-refractivity contribution in [2.24, 2.45) is 5.92 Å². The number of urea groups is 1. The first-order valence-corrected chi connectivity index (χ1v) is 8.92. The smallest absolute Gasteiger partial charge is 0.315 e. The Morgan fingerprint density at radius 2 is 1.86 bits per heavy atom. The molecule has 4 atom stereocenters. The molecule has 1 saturated heterocycles. The molecule has 0 aromatic heterocycles. The van der Waals surface area contributed by atoms with E-state index in [1.165, 1.54) is 6.42 Å². The van der Waals surface area contributed by atoms with Gasteiger partial charge in [-0.25, -0.2) is 4.79 Å². The predicted molar refractivity (Wildman–Crippen MR) is 86.8 cm³/mol. The number of carbonyl (C=O) groups is 1. The lowest BCUT2D eigenvalue weighted by molar-refractivity contribution is -0.0402. The van der Waals surface area contributed by atoms with Crippen LogP contribution < -0.4 is 10.6 Å². The Morgan fingerprint density at radius 3 is 2.55 bits per heavy atom. The monoisotopic (exact) mass is 312 g/mol. The van der Waals surface area contributed by atoms with Crippen LogP contribution in [0, 0.1) is 5.92 Å². The van der Waals surface area contributed by atoms with E-state index in [9.17, 15) is 9.90 Å². The van der Waals surface area contributed by atoms with Crippen molar-refractivity contribution in [3.05, 3.63) is 0 Å². The van der Waals surface area contributed by atoms with Crippen molar-refractivity contribution in [2.75, 3.05) is 6.54 Å². The highest BCUT2D eigenvalue weighted by molar-refractivity contribution is 5.74. The number of nitrogens with one attached hydrogen (secondary N) is 2. The fraction of sp³-hybridized carbons (Fsp3) is 0.941. The van der Waals surface area contributed by atoms with E-state index in [1.807, 2.05) is 0 Å². The fourth-order valence-electron chi connectivity index (χ4n) is 3.85. The predicted octanol–water partition coefficient (Wildman–Crippen LogP) is 2.57. The van der Waals surface area contributed by atoms with Crippen LogP contribution in [0.1, 0.15) is 65.2 Å². The zero-order chi connectivity index (χ0) is 15.9. The highest BCUT2D eigenvalue weighted by Crippen LogP contribution is 2.27. The van der Waals surface area contributed by atoms with E-state index in [0.29, 0.717) is 12.5 Å². The second-order valence-corrected chi connectivity index (χ2v) is 7.08. The summed E-state index contributed by atoms with van der Waals surface area (Å²) in [6, 6.07) is 0.134. The third-order valence-electron chi connectivity index (χ3n) is 4.94. The number of hydrogen-bond acceptors (Lipinski definition) is 3. The number of rotatable bonds is 5. The van der Waals surface area contributed by atoms with Gasteiger partial charge in [0.1, 0.15) is 0 Å². The molecule has 1 heterocycles. The topological polar surface area (TPSA) is 70.6 Å². The first kappa shape index (κ1) is 17.5. The van der Waals surface area contributed by atoms with Crippen molar-refractivity contribution in [1.29, 1.82) is 0 Å². The van der Waals surface area contributed by atoms with Crippen molar-refractivity contribution in [2.45, 2.75) is 89.6 Å². The van der Waals surface area contributed by atoms with Gasteiger partial charge in [0.25, 0.3) is 0 Å². The maximum absolute atomic E-state index is 11.9. The SMILES string of the molecule is CC1CC(NC(=O)NCCCC2CCCCC2O)CC(C)O1. The molecule has 0 bridgehead atoms. The summed E-state index contributed by atoms with van der Waals surface area (Å²) in [5.74, 6) is 0.427. The molecule has 0 aromatic carbocycles. The lowest BCUT2D eigenvalue weighted by Crippen LogP contribution is -2.47. The zero-order valence-electron chi connectivity index (χ0n) is 14.0. The van der Waals surface area contributed by atoms with Crippen LogP contribution in [0.2, 0.25) is 0 Å². The third kappa shape index (κ3) is 5.76. The van der Waals surface area contributed by atoms with Gasteiger partial charge in [-0.3, -0.25) is 0 Å². The van der Waals surface area contributed by atoms with Crippen LogP contribution in [0.4, 0.5) is 4.79 Å². The van der Waals surface area contributed by atoms with Gasteiger partial charge in [0.05, 0.1) is 18.3 Å². The molecule has 1 aliphatic carbocycles. The average molecular weight is 312 g/mol. The van der Waals surface area contributed by atoms with Gasteiger partial charge < -0.3 is 20.5 Å². The van der Waals surface area contributed by atoms with Crippen molar-refractivity contribution in [1.82, 2.24) is 10.6 Å². The molecule has 1 saturated carbocycles. The molecule has 128 valence electrons.